The summed E-state index contributed by atoms with van der Waals surface area (Å²) in [6.07, 6.45) is 0.371. The van der Waals surface area contributed by atoms with Crippen molar-refractivity contribution in [3.05, 3.63) is 40.7 Å². The first-order valence-electron chi connectivity index (χ1n) is 7.32. The summed E-state index contributed by atoms with van der Waals surface area (Å²) < 4.78 is 29.7. The van der Waals surface area contributed by atoms with E-state index in [4.69, 9.17) is 16.0 Å². The highest BCUT2D eigenvalue weighted by molar-refractivity contribution is 7.90. The number of amides is 1. The first kappa shape index (κ1) is 18.4. The third kappa shape index (κ3) is 5.31. The van der Waals surface area contributed by atoms with Crippen molar-refractivity contribution < 1.29 is 17.6 Å². The molecule has 2 rings (SSSR count). The van der Waals surface area contributed by atoms with Crippen LogP contribution in [-0.2, 0) is 26.9 Å². The molecular weight excluding hydrogens is 354 g/mol. The Labute approximate surface area is 145 Å². The molecule has 0 bridgehead atoms. The average Bonchev–Trinajstić information content (AvgIpc) is 2.96. The van der Waals surface area contributed by atoms with Crippen molar-refractivity contribution in [2.45, 2.75) is 37.8 Å². The maximum atomic E-state index is 12.3. The molecule has 9 heteroatoms. The minimum Gasteiger partial charge on any atom is -0.411 e. The number of rotatable bonds is 7. The number of carbonyl (C=O) groups is 1. The molecular formula is C15H18ClN3O4S. The van der Waals surface area contributed by atoms with Crippen LogP contribution >= 0.6 is 11.6 Å². The molecule has 0 unspecified atom stereocenters. The molecule has 1 N–H and O–H groups in total. The van der Waals surface area contributed by atoms with E-state index in [1.165, 1.54) is 0 Å². The highest BCUT2D eigenvalue weighted by Crippen LogP contribution is 2.17. The number of nitrogens with one attached hydrogen (secondary N) is 1. The molecule has 0 aliphatic rings. The van der Waals surface area contributed by atoms with Gasteiger partial charge in [0.25, 0.3) is 0 Å². The van der Waals surface area contributed by atoms with Crippen LogP contribution in [0.3, 0.4) is 0 Å². The number of halogens is 1. The SMILES string of the molecule is CC(C)CC(=O)NCc1nnc(S(=O)(=O)Cc2ccc(Cl)cc2)o1. The second kappa shape index (κ2) is 7.76. The van der Waals surface area contributed by atoms with Crippen LogP contribution in [0.25, 0.3) is 0 Å². The Morgan fingerprint density at radius 3 is 2.54 bits per heavy atom. The van der Waals surface area contributed by atoms with Gasteiger partial charge in [-0.2, -0.15) is 0 Å². The van der Waals surface area contributed by atoms with Crippen molar-refractivity contribution in [3.8, 4) is 0 Å². The maximum Gasteiger partial charge on any atom is 0.335 e. The zero-order chi connectivity index (χ0) is 17.7. The summed E-state index contributed by atoms with van der Waals surface area (Å²) >= 11 is 5.77. The van der Waals surface area contributed by atoms with E-state index in [0.717, 1.165) is 0 Å². The zero-order valence-electron chi connectivity index (χ0n) is 13.3. The number of aromatic nitrogens is 2. The van der Waals surface area contributed by atoms with Gasteiger partial charge in [-0.25, -0.2) is 8.42 Å². The van der Waals surface area contributed by atoms with Crippen LogP contribution in [-0.4, -0.2) is 24.5 Å². The van der Waals surface area contributed by atoms with Gasteiger partial charge in [0.2, 0.25) is 21.6 Å². The number of nitrogens with zero attached hydrogens (tertiary/aromatic N) is 2. The summed E-state index contributed by atoms with van der Waals surface area (Å²) in [4.78, 5) is 11.6. The Hall–Kier alpha value is -1.93. The smallest absolute Gasteiger partial charge is 0.335 e. The molecule has 0 aliphatic heterocycles. The normalized spacial score (nSPS) is 11.7. The van der Waals surface area contributed by atoms with Crippen molar-refractivity contribution >= 4 is 27.3 Å². The highest BCUT2D eigenvalue weighted by atomic mass is 35.5. The van der Waals surface area contributed by atoms with E-state index in [2.05, 4.69) is 15.5 Å². The Balaban J connectivity index is 2.00. The van der Waals surface area contributed by atoms with Crippen molar-refractivity contribution in [3.63, 3.8) is 0 Å². The fraction of sp³-hybridized carbons (Fsp3) is 0.400. The lowest BCUT2D eigenvalue weighted by Crippen LogP contribution is -2.24. The predicted molar refractivity (Wildman–Crippen MR) is 87.9 cm³/mol. The molecule has 24 heavy (non-hydrogen) atoms. The van der Waals surface area contributed by atoms with Crippen LogP contribution in [0.5, 0.6) is 0 Å². The lowest BCUT2D eigenvalue weighted by Gasteiger charge is -2.04. The number of hydrogen-bond donors (Lipinski definition) is 1. The van der Waals surface area contributed by atoms with E-state index in [9.17, 15) is 13.2 Å². The molecule has 0 radical (unpaired) electrons. The van der Waals surface area contributed by atoms with Gasteiger partial charge in [0.1, 0.15) is 0 Å². The van der Waals surface area contributed by atoms with E-state index in [1.807, 2.05) is 13.8 Å². The van der Waals surface area contributed by atoms with Crippen molar-refractivity contribution in [1.82, 2.24) is 15.5 Å². The molecule has 0 aliphatic carbocycles. The number of benzene rings is 1. The van der Waals surface area contributed by atoms with E-state index < -0.39 is 15.1 Å². The number of carbonyl (C=O) groups excluding carboxylic acids is 1. The quantitative estimate of drug-likeness (QED) is 0.801. The van der Waals surface area contributed by atoms with Gasteiger partial charge in [0.05, 0.1) is 12.3 Å². The summed E-state index contributed by atoms with van der Waals surface area (Å²) in [7, 11) is -3.76. The Morgan fingerprint density at radius 2 is 1.92 bits per heavy atom. The monoisotopic (exact) mass is 371 g/mol. The Morgan fingerprint density at radius 1 is 1.25 bits per heavy atom. The summed E-state index contributed by atoms with van der Waals surface area (Å²) in [5.74, 6) is -0.163. The van der Waals surface area contributed by atoms with Gasteiger partial charge in [0, 0.05) is 11.4 Å². The molecule has 1 aromatic heterocycles. The van der Waals surface area contributed by atoms with E-state index in [-0.39, 0.29) is 30.0 Å². The third-order valence-corrected chi connectivity index (χ3v) is 4.68. The van der Waals surface area contributed by atoms with Crippen LogP contribution in [0.2, 0.25) is 5.02 Å². The standard InChI is InChI=1S/C15H18ClN3O4S/c1-10(2)7-13(20)17-8-14-18-19-15(23-14)24(21,22)9-11-3-5-12(16)6-4-11/h3-6,10H,7-9H2,1-2H3,(H,17,20). The van der Waals surface area contributed by atoms with Gasteiger partial charge in [0.15, 0.2) is 0 Å². The predicted octanol–water partition coefficient (Wildman–Crippen LogP) is 2.36. The second-order valence-electron chi connectivity index (χ2n) is 5.72. The zero-order valence-corrected chi connectivity index (χ0v) is 14.9. The largest absolute Gasteiger partial charge is 0.411 e. The van der Waals surface area contributed by atoms with Crippen LogP contribution in [0.15, 0.2) is 33.9 Å². The molecule has 1 heterocycles. The van der Waals surface area contributed by atoms with E-state index >= 15 is 0 Å². The van der Waals surface area contributed by atoms with Crippen LogP contribution < -0.4 is 5.32 Å². The molecule has 0 saturated carbocycles. The number of hydrogen-bond acceptors (Lipinski definition) is 6. The van der Waals surface area contributed by atoms with Gasteiger partial charge in [-0.15, -0.1) is 5.10 Å². The first-order chi connectivity index (χ1) is 11.3. The lowest BCUT2D eigenvalue weighted by atomic mass is 10.1. The van der Waals surface area contributed by atoms with Gasteiger partial charge >= 0.3 is 5.22 Å². The summed E-state index contributed by atoms with van der Waals surface area (Å²) in [6, 6.07) is 6.44. The van der Waals surface area contributed by atoms with Gasteiger partial charge in [-0.05, 0) is 23.6 Å². The van der Waals surface area contributed by atoms with Crippen molar-refractivity contribution in [2.24, 2.45) is 5.92 Å². The molecule has 0 saturated heterocycles. The number of sulfone groups is 1. The molecule has 2 aromatic rings. The van der Waals surface area contributed by atoms with Gasteiger partial charge in [-0.3, -0.25) is 4.79 Å². The fourth-order valence-electron chi connectivity index (χ4n) is 1.91. The van der Waals surface area contributed by atoms with E-state index in [1.54, 1.807) is 24.3 Å². The summed E-state index contributed by atoms with van der Waals surface area (Å²) in [5, 5.41) is 9.88. The molecule has 0 fully saturated rings. The van der Waals surface area contributed by atoms with Crippen LogP contribution in [0, 0.1) is 5.92 Å². The molecule has 7 nitrogen and oxygen atoms in total. The molecule has 1 amide bonds. The van der Waals surface area contributed by atoms with Crippen molar-refractivity contribution in [2.75, 3.05) is 0 Å². The lowest BCUT2D eigenvalue weighted by molar-refractivity contribution is -0.122. The average molecular weight is 372 g/mol. The summed E-state index contributed by atoms with van der Waals surface area (Å²) in [6.45, 7) is 3.84. The highest BCUT2D eigenvalue weighted by Gasteiger charge is 2.23. The second-order valence-corrected chi connectivity index (χ2v) is 8.03. The van der Waals surface area contributed by atoms with Crippen LogP contribution in [0.4, 0.5) is 0 Å². The van der Waals surface area contributed by atoms with Crippen molar-refractivity contribution in [1.29, 1.82) is 0 Å². The minimum atomic E-state index is -3.76. The van der Waals surface area contributed by atoms with Gasteiger partial charge in [-0.1, -0.05) is 42.7 Å². The molecule has 0 spiro atoms. The molecule has 130 valence electrons. The topological polar surface area (TPSA) is 102 Å². The maximum absolute atomic E-state index is 12.3. The minimum absolute atomic E-state index is 0.00494. The first-order valence-corrected chi connectivity index (χ1v) is 9.35. The van der Waals surface area contributed by atoms with Crippen LogP contribution in [0.1, 0.15) is 31.7 Å². The van der Waals surface area contributed by atoms with Gasteiger partial charge < -0.3 is 9.73 Å². The fourth-order valence-corrected chi connectivity index (χ4v) is 3.18. The summed E-state index contributed by atoms with van der Waals surface area (Å²) in [5.41, 5.74) is 0.560. The molecule has 0 atom stereocenters. The Bertz CT molecular complexity index is 800. The molecule has 1 aromatic carbocycles. The Kier molecular flexibility index (Phi) is 5.95. The third-order valence-electron chi connectivity index (χ3n) is 3.01. The van der Waals surface area contributed by atoms with E-state index in [0.29, 0.717) is 17.0 Å².